The molecule has 0 fully saturated rings. The topological polar surface area (TPSA) is 44.0 Å². The summed E-state index contributed by atoms with van der Waals surface area (Å²) >= 11 is 1.41. The van der Waals surface area contributed by atoms with E-state index in [2.05, 4.69) is 0 Å². The molecule has 21 heavy (non-hydrogen) atoms. The minimum atomic E-state index is -0.880. The van der Waals surface area contributed by atoms with Crippen LogP contribution in [0.25, 0.3) is 0 Å². The largest absolute Gasteiger partial charge is 0.330 e. The third-order valence-corrected chi connectivity index (χ3v) is 4.17. The summed E-state index contributed by atoms with van der Waals surface area (Å²) in [5.41, 5.74) is 0.496. The standard InChI is InChI=1S/C14H14F2N2O2S/c1-17-10(6-13(19)18(2)14(17)20)8-21-7-9-3-4-11(15)12(16)5-9/h3-6H,7-8H2,1-2H3. The van der Waals surface area contributed by atoms with Crippen LogP contribution in [-0.2, 0) is 25.6 Å². The maximum absolute atomic E-state index is 13.1. The number of halogens is 2. The second-order valence-electron chi connectivity index (χ2n) is 4.62. The highest BCUT2D eigenvalue weighted by Crippen LogP contribution is 2.18. The van der Waals surface area contributed by atoms with Gasteiger partial charge in [0.1, 0.15) is 0 Å². The number of aromatic nitrogens is 2. The molecule has 7 heteroatoms. The van der Waals surface area contributed by atoms with Gasteiger partial charge >= 0.3 is 5.69 Å². The van der Waals surface area contributed by atoms with E-state index in [0.29, 0.717) is 22.8 Å². The molecule has 1 aromatic heterocycles. The fraction of sp³-hybridized carbons (Fsp3) is 0.286. The first-order valence-electron chi connectivity index (χ1n) is 6.17. The van der Waals surface area contributed by atoms with E-state index in [0.717, 1.165) is 16.7 Å². The van der Waals surface area contributed by atoms with E-state index in [1.165, 1.54) is 35.5 Å². The van der Waals surface area contributed by atoms with E-state index in [1.807, 2.05) is 0 Å². The van der Waals surface area contributed by atoms with Crippen LogP contribution in [0.15, 0.2) is 33.9 Å². The molecule has 1 aromatic carbocycles. The monoisotopic (exact) mass is 312 g/mol. The second-order valence-corrected chi connectivity index (χ2v) is 5.60. The number of rotatable bonds is 4. The molecule has 0 aliphatic carbocycles. The molecule has 1 heterocycles. The summed E-state index contributed by atoms with van der Waals surface area (Å²) < 4.78 is 28.3. The van der Waals surface area contributed by atoms with Crippen molar-refractivity contribution in [1.29, 1.82) is 0 Å². The highest BCUT2D eigenvalue weighted by Gasteiger charge is 2.07. The summed E-state index contributed by atoms with van der Waals surface area (Å²) in [7, 11) is 3.01. The maximum Gasteiger partial charge on any atom is 0.330 e. The van der Waals surface area contributed by atoms with E-state index in [9.17, 15) is 18.4 Å². The maximum atomic E-state index is 13.1. The Morgan fingerprint density at radius 2 is 1.71 bits per heavy atom. The van der Waals surface area contributed by atoms with Crippen LogP contribution in [0.4, 0.5) is 8.78 Å². The number of nitrogens with zero attached hydrogens (tertiary/aromatic N) is 2. The first kappa shape index (κ1) is 15.5. The smallest absolute Gasteiger partial charge is 0.300 e. The van der Waals surface area contributed by atoms with Gasteiger partial charge in [0, 0.05) is 37.4 Å². The summed E-state index contributed by atoms with van der Waals surface area (Å²) in [6.07, 6.45) is 0. The van der Waals surface area contributed by atoms with Crippen molar-refractivity contribution >= 4 is 11.8 Å². The van der Waals surface area contributed by atoms with Gasteiger partial charge in [0.05, 0.1) is 0 Å². The van der Waals surface area contributed by atoms with Crippen molar-refractivity contribution in [2.24, 2.45) is 14.1 Å². The van der Waals surface area contributed by atoms with Gasteiger partial charge in [0.2, 0.25) is 0 Å². The van der Waals surface area contributed by atoms with Crippen LogP contribution in [0, 0.1) is 11.6 Å². The summed E-state index contributed by atoms with van der Waals surface area (Å²) in [5, 5.41) is 0. The molecule has 0 aliphatic rings. The molecule has 0 unspecified atom stereocenters. The van der Waals surface area contributed by atoms with Crippen molar-refractivity contribution < 1.29 is 8.78 Å². The van der Waals surface area contributed by atoms with E-state index in [1.54, 1.807) is 7.05 Å². The van der Waals surface area contributed by atoms with Crippen LogP contribution in [0.1, 0.15) is 11.3 Å². The lowest BCUT2D eigenvalue weighted by atomic mass is 10.2. The quantitative estimate of drug-likeness (QED) is 0.864. The SMILES string of the molecule is Cn1c(CSCc2ccc(F)c(F)c2)cc(=O)n(C)c1=O. The van der Waals surface area contributed by atoms with Crippen LogP contribution in [-0.4, -0.2) is 9.13 Å². The van der Waals surface area contributed by atoms with Crippen molar-refractivity contribution in [2.75, 3.05) is 0 Å². The van der Waals surface area contributed by atoms with E-state index in [-0.39, 0.29) is 11.2 Å². The van der Waals surface area contributed by atoms with Crippen LogP contribution in [0.5, 0.6) is 0 Å². The van der Waals surface area contributed by atoms with Crippen LogP contribution in [0.3, 0.4) is 0 Å². The van der Waals surface area contributed by atoms with Gasteiger partial charge in [0.25, 0.3) is 5.56 Å². The predicted octanol–water partition coefficient (Wildman–Crippen LogP) is 1.80. The van der Waals surface area contributed by atoms with Crippen LogP contribution in [0.2, 0.25) is 0 Å². The molecule has 0 aliphatic heterocycles. The molecule has 2 rings (SSSR count). The average molecular weight is 312 g/mol. The van der Waals surface area contributed by atoms with Crippen LogP contribution < -0.4 is 11.2 Å². The lowest BCUT2D eigenvalue weighted by Gasteiger charge is -2.09. The predicted molar refractivity (Wildman–Crippen MR) is 78.3 cm³/mol. The second kappa shape index (κ2) is 6.26. The summed E-state index contributed by atoms with van der Waals surface area (Å²) in [5.74, 6) is -0.867. The van der Waals surface area contributed by atoms with Gasteiger partial charge in [-0.1, -0.05) is 6.07 Å². The van der Waals surface area contributed by atoms with E-state index < -0.39 is 11.6 Å². The summed E-state index contributed by atoms with van der Waals surface area (Å²) in [6, 6.07) is 5.14. The molecule has 0 amide bonds. The molecule has 0 spiro atoms. The number of hydrogen-bond acceptors (Lipinski definition) is 3. The molecule has 4 nitrogen and oxygen atoms in total. The van der Waals surface area contributed by atoms with Gasteiger partial charge in [-0.25, -0.2) is 13.6 Å². The van der Waals surface area contributed by atoms with Crippen molar-refractivity contribution in [3.05, 3.63) is 68.0 Å². The van der Waals surface area contributed by atoms with Crippen molar-refractivity contribution in [1.82, 2.24) is 9.13 Å². The number of thioether (sulfide) groups is 1. The van der Waals surface area contributed by atoms with Gasteiger partial charge < -0.3 is 0 Å². The molecule has 0 bridgehead atoms. The average Bonchev–Trinajstić information content (AvgIpc) is 2.46. The number of hydrogen-bond donors (Lipinski definition) is 0. The zero-order chi connectivity index (χ0) is 15.6. The molecule has 0 saturated carbocycles. The van der Waals surface area contributed by atoms with Gasteiger partial charge in [-0.2, -0.15) is 11.8 Å². The Bertz CT molecular complexity index is 784. The Balaban J connectivity index is 2.09. The summed E-state index contributed by atoms with van der Waals surface area (Å²) in [6.45, 7) is 0. The van der Waals surface area contributed by atoms with Crippen LogP contribution >= 0.6 is 11.8 Å². The fourth-order valence-corrected chi connectivity index (χ4v) is 2.82. The minimum absolute atomic E-state index is 0.360. The lowest BCUT2D eigenvalue weighted by molar-refractivity contribution is 0.507. The molecule has 0 N–H and O–H groups in total. The molecule has 112 valence electrons. The highest BCUT2D eigenvalue weighted by atomic mass is 32.2. The first-order valence-corrected chi connectivity index (χ1v) is 7.33. The highest BCUT2D eigenvalue weighted by molar-refractivity contribution is 7.97. The van der Waals surface area contributed by atoms with Gasteiger partial charge in [-0.05, 0) is 17.7 Å². The first-order chi connectivity index (χ1) is 9.90. The lowest BCUT2D eigenvalue weighted by Crippen LogP contribution is -2.37. The Labute approximate surface area is 124 Å². The van der Waals surface area contributed by atoms with Crippen molar-refractivity contribution in [2.45, 2.75) is 11.5 Å². The molecule has 2 aromatic rings. The van der Waals surface area contributed by atoms with E-state index >= 15 is 0 Å². The summed E-state index contributed by atoms with van der Waals surface area (Å²) in [4.78, 5) is 23.3. The Morgan fingerprint density at radius 1 is 1.00 bits per heavy atom. The van der Waals surface area contributed by atoms with Gasteiger partial charge in [0.15, 0.2) is 11.6 Å². The van der Waals surface area contributed by atoms with Crippen molar-refractivity contribution in [3.63, 3.8) is 0 Å². The van der Waals surface area contributed by atoms with Crippen molar-refractivity contribution in [3.8, 4) is 0 Å². The third-order valence-electron chi connectivity index (χ3n) is 3.13. The molecular formula is C14H14F2N2O2S. The zero-order valence-electron chi connectivity index (χ0n) is 11.6. The fourth-order valence-electron chi connectivity index (χ4n) is 1.82. The Hall–Kier alpha value is -1.89. The molecule has 0 atom stereocenters. The molecule has 0 saturated heterocycles. The minimum Gasteiger partial charge on any atom is -0.300 e. The zero-order valence-corrected chi connectivity index (χ0v) is 12.4. The normalized spacial score (nSPS) is 10.9. The van der Waals surface area contributed by atoms with Gasteiger partial charge in [-0.15, -0.1) is 0 Å². The van der Waals surface area contributed by atoms with E-state index in [4.69, 9.17) is 0 Å². The number of benzene rings is 1. The third kappa shape index (κ3) is 3.41. The molecule has 0 radical (unpaired) electrons. The van der Waals surface area contributed by atoms with Gasteiger partial charge in [-0.3, -0.25) is 13.9 Å². The Kier molecular flexibility index (Phi) is 4.62. The molecular weight excluding hydrogens is 298 g/mol. The Morgan fingerprint density at radius 3 is 2.38 bits per heavy atom.